The van der Waals surface area contributed by atoms with E-state index >= 15 is 0 Å². The van der Waals surface area contributed by atoms with Crippen LogP contribution in [0, 0.1) is 13.8 Å². The first-order valence-electron chi connectivity index (χ1n) is 5.27. The lowest BCUT2D eigenvalue weighted by molar-refractivity contribution is 0.0690. The Morgan fingerprint density at radius 2 is 2.17 bits per heavy atom. The molecular formula is C10H13N5O2S. The molecule has 7 nitrogen and oxygen atoms in total. The van der Waals surface area contributed by atoms with Gasteiger partial charge in [-0.15, -0.1) is 11.3 Å². The van der Waals surface area contributed by atoms with Crippen molar-refractivity contribution in [3.8, 4) is 0 Å². The van der Waals surface area contributed by atoms with E-state index in [0.717, 1.165) is 5.82 Å². The van der Waals surface area contributed by atoms with Crippen LogP contribution in [0.25, 0.3) is 0 Å². The number of carboxylic acids is 1. The third-order valence-electron chi connectivity index (χ3n) is 2.34. The number of aryl methyl sites for hydroxylation is 2. The second-order valence-corrected chi connectivity index (χ2v) is 5.08. The molecule has 0 aliphatic carbocycles. The molecule has 0 aliphatic heterocycles. The number of H-pyrrole nitrogens is 1. The number of nitrogens with zero attached hydrogens (tertiary/aromatic N) is 4. The van der Waals surface area contributed by atoms with Gasteiger partial charge in [0.2, 0.25) is 0 Å². The number of hydrogen-bond acceptors (Lipinski definition) is 6. The number of aromatic amines is 1. The SMILES string of the molecule is Cc1nc(CN(C)c2nc(C(=O)O)c(C)s2)n[nH]1. The summed E-state index contributed by atoms with van der Waals surface area (Å²) in [5.74, 6) is 0.400. The van der Waals surface area contributed by atoms with Gasteiger partial charge in [0.1, 0.15) is 5.82 Å². The predicted octanol–water partition coefficient (Wildman–Crippen LogP) is 1.21. The van der Waals surface area contributed by atoms with E-state index in [0.29, 0.717) is 22.4 Å². The number of aromatic carboxylic acids is 1. The first-order chi connectivity index (χ1) is 8.47. The van der Waals surface area contributed by atoms with Crippen LogP contribution in [0.2, 0.25) is 0 Å². The highest BCUT2D eigenvalue weighted by atomic mass is 32.1. The van der Waals surface area contributed by atoms with Gasteiger partial charge in [0.15, 0.2) is 16.6 Å². The minimum atomic E-state index is -1.00. The average Bonchev–Trinajstić information content (AvgIpc) is 2.85. The Hall–Kier alpha value is -1.96. The molecule has 8 heteroatoms. The Morgan fingerprint density at radius 1 is 1.44 bits per heavy atom. The number of carboxylic acid groups (broad SMARTS) is 1. The van der Waals surface area contributed by atoms with Crippen molar-refractivity contribution in [3.05, 3.63) is 22.2 Å². The van der Waals surface area contributed by atoms with Crippen molar-refractivity contribution in [2.24, 2.45) is 0 Å². The molecule has 0 saturated carbocycles. The molecule has 0 saturated heterocycles. The molecule has 0 bridgehead atoms. The molecular weight excluding hydrogens is 254 g/mol. The van der Waals surface area contributed by atoms with Gasteiger partial charge >= 0.3 is 5.97 Å². The van der Waals surface area contributed by atoms with Gasteiger partial charge in [0.25, 0.3) is 0 Å². The first kappa shape index (κ1) is 12.5. The van der Waals surface area contributed by atoms with Gasteiger partial charge in [-0.1, -0.05) is 0 Å². The van der Waals surface area contributed by atoms with Crippen LogP contribution in [0.1, 0.15) is 27.0 Å². The van der Waals surface area contributed by atoms with Crippen LogP contribution in [0.15, 0.2) is 0 Å². The van der Waals surface area contributed by atoms with Crippen molar-refractivity contribution < 1.29 is 9.90 Å². The van der Waals surface area contributed by atoms with E-state index in [1.165, 1.54) is 11.3 Å². The van der Waals surface area contributed by atoms with Gasteiger partial charge in [-0.05, 0) is 13.8 Å². The summed E-state index contributed by atoms with van der Waals surface area (Å²) in [6, 6.07) is 0. The highest BCUT2D eigenvalue weighted by Gasteiger charge is 2.17. The zero-order chi connectivity index (χ0) is 13.3. The summed E-state index contributed by atoms with van der Waals surface area (Å²) in [4.78, 5) is 21.7. The Morgan fingerprint density at radius 3 is 2.67 bits per heavy atom. The summed E-state index contributed by atoms with van der Waals surface area (Å²) in [7, 11) is 1.83. The van der Waals surface area contributed by atoms with Crippen molar-refractivity contribution in [1.29, 1.82) is 0 Å². The smallest absolute Gasteiger partial charge is 0.355 e. The molecule has 0 spiro atoms. The van der Waals surface area contributed by atoms with Crippen LogP contribution in [0.4, 0.5) is 5.13 Å². The lowest BCUT2D eigenvalue weighted by atomic mass is 10.4. The highest BCUT2D eigenvalue weighted by Crippen LogP contribution is 2.25. The Bertz CT molecular complexity index is 577. The van der Waals surface area contributed by atoms with E-state index in [2.05, 4.69) is 20.2 Å². The predicted molar refractivity (Wildman–Crippen MR) is 67.0 cm³/mol. The van der Waals surface area contributed by atoms with Crippen LogP contribution in [-0.2, 0) is 6.54 Å². The van der Waals surface area contributed by atoms with Gasteiger partial charge in [0.05, 0.1) is 6.54 Å². The van der Waals surface area contributed by atoms with Crippen molar-refractivity contribution in [1.82, 2.24) is 20.2 Å². The first-order valence-corrected chi connectivity index (χ1v) is 6.08. The molecule has 2 aromatic rings. The molecule has 2 rings (SSSR count). The van der Waals surface area contributed by atoms with Crippen LogP contribution in [0.5, 0.6) is 0 Å². The third-order valence-corrected chi connectivity index (χ3v) is 3.42. The summed E-state index contributed by atoms with van der Waals surface area (Å²) in [6.45, 7) is 4.05. The van der Waals surface area contributed by atoms with Crippen molar-refractivity contribution in [2.45, 2.75) is 20.4 Å². The van der Waals surface area contributed by atoms with Gasteiger partial charge in [-0.2, -0.15) is 5.10 Å². The standard InChI is InChI=1S/C10H13N5O2S/c1-5-8(9(16)17)12-10(18-5)15(3)4-7-11-6(2)13-14-7/h4H2,1-3H3,(H,16,17)(H,11,13,14). The zero-order valence-corrected chi connectivity index (χ0v) is 11.1. The van der Waals surface area contributed by atoms with Crippen molar-refractivity contribution in [3.63, 3.8) is 0 Å². The minimum Gasteiger partial charge on any atom is -0.476 e. The van der Waals surface area contributed by atoms with Crippen molar-refractivity contribution in [2.75, 3.05) is 11.9 Å². The third kappa shape index (κ3) is 2.48. The lowest BCUT2D eigenvalue weighted by Crippen LogP contribution is -2.17. The molecule has 2 heterocycles. The average molecular weight is 267 g/mol. The normalized spacial score (nSPS) is 10.6. The summed E-state index contributed by atoms with van der Waals surface area (Å²) < 4.78 is 0. The van der Waals surface area contributed by atoms with Crippen molar-refractivity contribution >= 4 is 22.4 Å². The lowest BCUT2D eigenvalue weighted by Gasteiger charge is -2.12. The second-order valence-electron chi connectivity index (χ2n) is 3.90. The molecule has 0 aromatic carbocycles. The highest BCUT2D eigenvalue weighted by molar-refractivity contribution is 7.15. The number of aromatic nitrogens is 4. The van der Waals surface area contributed by atoms with Crippen LogP contribution < -0.4 is 4.90 Å². The number of rotatable bonds is 4. The maximum Gasteiger partial charge on any atom is 0.355 e. The zero-order valence-electron chi connectivity index (χ0n) is 10.3. The quantitative estimate of drug-likeness (QED) is 0.864. The molecule has 0 atom stereocenters. The molecule has 2 aromatic heterocycles. The van der Waals surface area contributed by atoms with E-state index in [-0.39, 0.29) is 5.69 Å². The van der Waals surface area contributed by atoms with Gasteiger partial charge in [0, 0.05) is 11.9 Å². The van der Waals surface area contributed by atoms with Gasteiger partial charge in [-0.25, -0.2) is 14.8 Å². The monoisotopic (exact) mass is 267 g/mol. The number of thiazole rings is 1. The number of nitrogens with one attached hydrogen (secondary N) is 1. The second kappa shape index (κ2) is 4.73. The minimum absolute atomic E-state index is 0.105. The largest absolute Gasteiger partial charge is 0.476 e. The number of carbonyl (C=O) groups is 1. The Labute approximate surface area is 108 Å². The fraction of sp³-hybridized carbons (Fsp3) is 0.400. The van der Waals surface area contributed by atoms with Gasteiger partial charge < -0.3 is 10.0 Å². The maximum atomic E-state index is 10.9. The summed E-state index contributed by atoms with van der Waals surface area (Å²) in [5, 5.41) is 16.4. The summed E-state index contributed by atoms with van der Waals surface area (Å²) in [6.07, 6.45) is 0. The summed E-state index contributed by atoms with van der Waals surface area (Å²) >= 11 is 1.35. The molecule has 0 aliphatic rings. The summed E-state index contributed by atoms with van der Waals surface area (Å²) in [5.41, 5.74) is 0.105. The molecule has 0 fully saturated rings. The number of anilines is 1. The molecule has 18 heavy (non-hydrogen) atoms. The Balaban J connectivity index is 2.16. The molecule has 2 N–H and O–H groups in total. The molecule has 96 valence electrons. The van der Waals surface area contributed by atoms with Crippen LogP contribution in [0.3, 0.4) is 0 Å². The maximum absolute atomic E-state index is 10.9. The van der Waals surface area contributed by atoms with E-state index in [1.54, 1.807) is 6.92 Å². The molecule has 0 amide bonds. The number of hydrogen-bond donors (Lipinski definition) is 2. The van der Waals surface area contributed by atoms with E-state index < -0.39 is 5.97 Å². The van der Waals surface area contributed by atoms with Crippen LogP contribution >= 0.6 is 11.3 Å². The van der Waals surface area contributed by atoms with Gasteiger partial charge in [-0.3, -0.25) is 5.10 Å². The van der Waals surface area contributed by atoms with Crippen LogP contribution in [-0.4, -0.2) is 38.3 Å². The topological polar surface area (TPSA) is 95.0 Å². The van der Waals surface area contributed by atoms with E-state index in [9.17, 15) is 4.79 Å². The van der Waals surface area contributed by atoms with E-state index in [4.69, 9.17) is 5.11 Å². The fourth-order valence-corrected chi connectivity index (χ4v) is 2.34. The molecule has 0 radical (unpaired) electrons. The fourth-order valence-electron chi connectivity index (χ4n) is 1.48. The van der Waals surface area contributed by atoms with E-state index in [1.807, 2.05) is 18.9 Å². The Kier molecular flexibility index (Phi) is 3.28. The molecule has 0 unspecified atom stereocenters.